The van der Waals surface area contributed by atoms with Crippen molar-refractivity contribution in [3.8, 4) is 0 Å². The molecular weight excluding hydrogens is 234 g/mol. The molecular formula is C12H11N3O3. The van der Waals surface area contributed by atoms with Crippen LogP contribution in [0.15, 0.2) is 36.8 Å². The summed E-state index contributed by atoms with van der Waals surface area (Å²) >= 11 is 0. The highest BCUT2D eigenvalue weighted by molar-refractivity contribution is 5.96. The number of aromatic carboxylic acids is 1. The summed E-state index contributed by atoms with van der Waals surface area (Å²) in [4.78, 5) is 26.0. The van der Waals surface area contributed by atoms with E-state index in [0.717, 1.165) is 5.56 Å². The molecule has 2 aromatic rings. The number of carboxylic acid groups (broad SMARTS) is 1. The van der Waals surface area contributed by atoms with Gasteiger partial charge in [0.25, 0.3) is 0 Å². The fraction of sp³-hybridized carbons (Fsp3) is 0.0833. The minimum absolute atomic E-state index is 0.0283. The summed E-state index contributed by atoms with van der Waals surface area (Å²) in [6, 6.07) is 4.82. The van der Waals surface area contributed by atoms with Crippen LogP contribution in [0.2, 0.25) is 0 Å². The largest absolute Gasteiger partial charge is 0.477 e. The third-order valence-corrected chi connectivity index (χ3v) is 2.50. The Morgan fingerprint density at radius 2 is 2.00 bits per heavy atom. The average molecular weight is 245 g/mol. The zero-order valence-electron chi connectivity index (χ0n) is 9.41. The molecule has 0 unspecified atom stereocenters. The summed E-state index contributed by atoms with van der Waals surface area (Å²) in [5.41, 5.74) is 6.23. The van der Waals surface area contributed by atoms with Crippen molar-refractivity contribution in [2.75, 3.05) is 0 Å². The first-order valence-electron chi connectivity index (χ1n) is 5.20. The number of nitrogens with zero attached hydrogens (tertiary/aromatic N) is 2. The van der Waals surface area contributed by atoms with Gasteiger partial charge in [-0.1, -0.05) is 0 Å². The molecule has 1 amide bonds. The zero-order chi connectivity index (χ0) is 13.1. The number of primary amides is 1. The van der Waals surface area contributed by atoms with Gasteiger partial charge in [-0.05, 0) is 23.8 Å². The summed E-state index contributed by atoms with van der Waals surface area (Å²) in [5, 5.41) is 9.05. The molecule has 18 heavy (non-hydrogen) atoms. The van der Waals surface area contributed by atoms with E-state index in [1.807, 2.05) is 0 Å². The number of amides is 1. The monoisotopic (exact) mass is 245 g/mol. The molecule has 92 valence electrons. The highest BCUT2D eigenvalue weighted by Crippen LogP contribution is 2.11. The number of carbonyl (C=O) groups is 2. The Morgan fingerprint density at radius 3 is 2.56 bits per heavy atom. The van der Waals surface area contributed by atoms with Crippen molar-refractivity contribution in [1.29, 1.82) is 0 Å². The van der Waals surface area contributed by atoms with E-state index in [0.29, 0.717) is 6.54 Å². The highest BCUT2D eigenvalue weighted by Gasteiger charge is 2.15. The van der Waals surface area contributed by atoms with Crippen molar-refractivity contribution >= 4 is 11.9 Å². The zero-order valence-corrected chi connectivity index (χ0v) is 9.41. The van der Waals surface area contributed by atoms with E-state index in [4.69, 9.17) is 10.8 Å². The summed E-state index contributed by atoms with van der Waals surface area (Å²) in [6.45, 7) is 0.345. The van der Waals surface area contributed by atoms with E-state index >= 15 is 0 Å². The summed E-state index contributed by atoms with van der Waals surface area (Å²) in [5.74, 6) is -1.75. The Bertz CT molecular complexity index is 590. The third kappa shape index (κ3) is 2.37. The minimum atomic E-state index is -1.10. The van der Waals surface area contributed by atoms with Crippen molar-refractivity contribution in [3.05, 3.63) is 53.6 Å². The van der Waals surface area contributed by atoms with Gasteiger partial charge in [0.1, 0.15) is 5.69 Å². The molecule has 0 bridgehead atoms. The minimum Gasteiger partial charge on any atom is -0.477 e. The Morgan fingerprint density at radius 1 is 1.33 bits per heavy atom. The SMILES string of the molecule is NC(=O)c1cc(C(=O)O)n(Cc2ccncc2)c1. The normalized spacial score (nSPS) is 10.2. The van der Waals surface area contributed by atoms with E-state index < -0.39 is 11.9 Å². The molecule has 0 aliphatic heterocycles. The Labute approximate surface area is 103 Å². The maximum Gasteiger partial charge on any atom is 0.352 e. The molecule has 3 N–H and O–H groups in total. The van der Waals surface area contributed by atoms with Crippen LogP contribution in [0, 0.1) is 0 Å². The molecule has 0 atom stereocenters. The van der Waals surface area contributed by atoms with Crippen LogP contribution in [0.3, 0.4) is 0 Å². The highest BCUT2D eigenvalue weighted by atomic mass is 16.4. The molecule has 0 aliphatic carbocycles. The van der Waals surface area contributed by atoms with Crippen molar-refractivity contribution in [1.82, 2.24) is 9.55 Å². The van der Waals surface area contributed by atoms with E-state index in [1.54, 1.807) is 24.5 Å². The van der Waals surface area contributed by atoms with Gasteiger partial charge in [-0.15, -0.1) is 0 Å². The summed E-state index contributed by atoms with van der Waals surface area (Å²) in [7, 11) is 0. The second-order valence-electron chi connectivity index (χ2n) is 3.77. The van der Waals surface area contributed by atoms with Gasteiger partial charge in [0, 0.05) is 25.1 Å². The van der Waals surface area contributed by atoms with Crippen molar-refractivity contribution < 1.29 is 14.7 Å². The molecule has 0 fully saturated rings. The Kier molecular flexibility index (Phi) is 3.09. The quantitative estimate of drug-likeness (QED) is 0.829. The molecule has 0 saturated carbocycles. The van der Waals surface area contributed by atoms with Crippen LogP contribution in [0.4, 0.5) is 0 Å². The van der Waals surface area contributed by atoms with Crippen molar-refractivity contribution in [2.45, 2.75) is 6.54 Å². The Balaban J connectivity index is 2.37. The fourth-order valence-electron chi connectivity index (χ4n) is 1.64. The lowest BCUT2D eigenvalue weighted by atomic mass is 10.2. The van der Waals surface area contributed by atoms with E-state index in [2.05, 4.69) is 4.98 Å². The average Bonchev–Trinajstić information content (AvgIpc) is 2.74. The van der Waals surface area contributed by atoms with Gasteiger partial charge in [-0.3, -0.25) is 9.78 Å². The fourth-order valence-corrected chi connectivity index (χ4v) is 1.64. The molecule has 0 radical (unpaired) electrons. The van der Waals surface area contributed by atoms with Crippen LogP contribution >= 0.6 is 0 Å². The smallest absolute Gasteiger partial charge is 0.352 e. The van der Waals surface area contributed by atoms with Crippen LogP contribution in [-0.4, -0.2) is 26.5 Å². The van der Waals surface area contributed by atoms with Gasteiger partial charge < -0.3 is 15.4 Å². The van der Waals surface area contributed by atoms with Crippen LogP contribution in [0.25, 0.3) is 0 Å². The molecule has 0 spiro atoms. The first-order chi connectivity index (χ1) is 8.58. The molecule has 2 rings (SSSR count). The molecule has 2 aromatic heterocycles. The summed E-state index contributed by atoms with van der Waals surface area (Å²) in [6.07, 6.45) is 4.68. The van der Waals surface area contributed by atoms with Gasteiger partial charge >= 0.3 is 5.97 Å². The van der Waals surface area contributed by atoms with Crippen LogP contribution in [-0.2, 0) is 6.54 Å². The molecule has 0 aromatic carbocycles. The second-order valence-corrected chi connectivity index (χ2v) is 3.77. The predicted molar refractivity (Wildman–Crippen MR) is 63.2 cm³/mol. The van der Waals surface area contributed by atoms with Gasteiger partial charge in [0.05, 0.1) is 5.56 Å². The number of pyridine rings is 1. The van der Waals surface area contributed by atoms with Crippen LogP contribution in [0.5, 0.6) is 0 Å². The van der Waals surface area contributed by atoms with E-state index in [-0.39, 0.29) is 11.3 Å². The third-order valence-electron chi connectivity index (χ3n) is 2.50. The van der Waals surface area contributed by atoms with E-state index in [1.165, 1.54) is 16.8 Å². The molecule has 2 heterocycles. The number of carbonyl (C=O) groups excluding carboxylic acids is 1. The number of carboxylic acids is 1. The molecule has 6 nitrogen and oxygen atoms in total. The number of nitrogens with two attached hydrogens (primary N) is 1. The van der Waals surface area contributed by atoms with Gasteiger partial charge in [-0.25, -0.2) is 4.79 Å². The molecule has 6 heteroatoms. The lowest BCUT2D eigenvalue weighted by Gasteiger charge is -2.05. The van der Waals surface area contributed by atoms with Gasteiger partial charge in [0.2, 0.25) is 5.91 Å². The molecule has 0 saturated heterocycles. The Hall–Kier alpha value is -2.63. The van der Waals surface area contributed by atoms with Crippen LogP contribution < -0.4 is 5.73 Å². The second kappa shape index (κ2) is 4.70. The number of rotatable bonds is 4. The van der Waals surface area contributed by atoms with E-state index in [9.17, 15) is 9.59 Å². The van der Waals surface area contributed by atoms with Crippen molar-refractivity contribution in [2.24, 2.45) is 5.73 Å². The number of hydrogen-bond donors (Lipinski definition) is 2. The number of hydrogen-bond acceptors (Lipinski definition) is 3. The van der Waals surface area contributed by atoms with Crippen LogP contribution in [0.1, 0.15) is 26.4 Å². The molecule has 0 aliphatic rings. The topological polar surface area (TPSA) is 98.2 Å². The predicted octanol–water partition coefficient (Wildman–Crippen LogP) is 0.728. The maximum absolute atomic E-state index is 11.1. The van der Waals surface area contributed by atoms with Gasteiger partial charge in [-0.2, -0.15) is 0 Å². The standard InChI is InChI=1S/C12H11N3O3/c13-11(16)9-5-10(12(17)18)15(7-9)6-8-1-3-14-4-2-8/h1-5,7H,6H2,(H2,13,16)(H,17,18). The van der Waals surface area contributed by atoms with Crippen molar-refractivity contribution in [3.63, 3.8) is 0 Å². The summed E-state index contributed by atoms with van der Waals surface area (Å²) < 4.78 is 1.47. The van der Waals surface area contributed by atoms with Gasteiger partial charge in [0.15, 0.2) is 0 Å². The first kappa shape index (κ1) is 11.8. The number of aromatic nitrogens is 2. The lowest BCUT2D eigenvalue weighted by molar-refractivity contribution is 0.0685. The maximum atomic E-state index is 11.1. The lowest BCUT2D eigenvalue weighted by Crippen LogP contribution is -2.09. The first-order valence-corrected chi connectivity index (χ1v) is 5.20.